The van der Waals surface area contributed by atoms with Crippen LogP contribution in [0.15, 0.2) is 48.5 Å². The summed E-state index contributed by atoms with van der Waals surface area (Å²) in [6, 6.07) is 12.7. The van der Waals surface area contributed by atoms with Gasteiger partial charge in [0, 0.05) is 17.6 Å². The van der Waals surface area contributed by atoms with Crippen LogP contribution >= 0.6 is 11.6 Å². The van der Waals surface area contributed by atoms with Crippen molar-refractivity contribution in [3.05, 3.63) is 70.5 Å². The fraction of sp³-hybridized carbons (Fsp3) is 0.278. The van der Waals surface area contributed by atoms with E-state index >= 15 is 0 Å². The highest BCUT2D eigenvalue weighted by Gasteiger charge is 2.30. The summed E-state index contributed by atoms with van der Waals surface area (Å²) in [5.74, 6) is -0.651. The van der Waals surface area contributed by atoms with E-state index in [2.05, 4.69) is 16.2 Å². The molecule has 4 N–H and O–H groups in total. The van der Waals surface area contributed by atoms with Crippen molar-refractivity contribution in [2.75, 3.05) is 6.54 Å². The van der Waals surface area contributed by atoms with Crippen molar-refractivity contribution in [2.45, 2.75) is 24.6 Å². The van der Waals surface area contributed by atoms with Crippen LogP contribution < -0.4 is 16.2 Å². The lowest BCUT2D eigenvalue weighted by atomic mass is 10.0. The van der Waals surface area contributed by atoms with Crippen molar-refractivity contribution >= 4 is 17.5 Å². The van der Waals surface area contributed by atoms with Crippen molar-refractivity contribution < 1.29 is 14.3 Å². The van der Waals surface area contributed by atoms with Crippen LogP contribution in [-0.4, -0.2) is 23.6 Å². The van der Waals surface area contributed by atoms with Crippen molar-refractivity contribution in [1.29, 1.82) is 0 Å². The van der Waals surface area contributed by atoms with Gasteiger partial charge in [0.2, 0.25) is 5.91 Å². The summed E-state index contributed by atoms with van der Waals surface area (Å²) >= 11 is 5.99. The number of amides is 1. The van der Waals surface area contributed by atoms with Crippen molar-refractivity contribution in [1.82, 2.24) is 16.2 Å². The topological polar surface area (TPSA) is 73.4 Å². The predicted octanol–water partition coefficient (Wildman–Crippen LogP) is 2.24. The fourth-order valence-corrected chi connectivity index (χ4v) is 3.02. The number of hydrazine groups is 1. The summed E-state index contributed by atoms with van der Waals surface area (Å²) < 4.78 is 13.2. The summed E-state index contributed by atoms with van der Waals surface area (Å²) in [7, 11) is 0. The lowest BCUT2D eigenvalue weighted by Gasteiger charge is -2.15. The van der Waals surface area contributed by atoms with Gasteiger partial charge in [0.25, 0.3) is 0 Å². The first kappa shape index (κ1) is 17.8. The first-order valence-electron chi connectivity index (χ1n) is 8.00. The minimum atomic E-state index is -0.960. The van der Waals surface area contributed by atoms with E-state index in [9.17, 15) is 14.3 Å². The maximum absolute atomic E-state index is 13.2. The third-order valence-corrected chi connectivity index (χ3v) is 4.41. The number of hydrogen-bond acceptors (Lipinski definition) is 4. The van der Waals surface area contributed by atoms with Gasteiger partial charge in [0.15, 0.2) is 0 Å². The second-order valence-corrected chi connectivity index (χ2v) is 6.44. The summed E-state index contributed by atoms with van der Waals surface area (Å²) in [4.78, 5) is 12.3. The summed E-state index contributed by atoms with van der Waals surface area (Å²) in [5.41, 5.74) is 7.45. The molecule has 0 bridgehead atoms. The molecule has 0 aromatic heterocycles. The second-order valence-electron chi connectivity index (χ2n) is 6.00. The molecule has 1 aliphatic rings. The maximum atomic E-state index is 13.2. The Morgan fingerprint density at radius 3 is 2.84 bits per heavy atom. The fourth-order valence-electron chi connectivity index (χ4n) is 2.82. The summed E-state index contributed by atoms with van der Waals surface area (Å²) in [6.07, 6.45) is -0.403. The van der Waals surface area contributed by atoms with Crippen LogP contribution in [0.25, 0.3) is 0 Å². The maximum Gasteiger partial charge on any atom is 0.238 e. The van der Waals surface area contributed by atoms with E-state index < -0.39 is 18.0 Å². The van der Waals surface area contributed by atoms with Gasteiger partial charge in [-0.15, -0.1) is 0 Å². The number of hydrogen-bond donors (Lipinski definition) is 4. The molecule has 1 amide bonds. The smallest absolute Gasteiger partial charge is 0.238 e. The Bertz CT molecular complexity index is 759. The lowest BCUT2D eigenvalue weighted by molar-refractivity contribution is -0.123. The van der Waals surface area contributed by atoms with E-state index in [1.54, 1.807) is 12.1 Å². The number of aliphatic hydroxyl groups is 1. The van der Waals surface area contributed by atoms with Crippen molar-refractivity contribution in [3.8, 4) is 0 Å². The lowest BCUT2D eigenvalue weighted by Crippen LogP contribution is -2.44. The minimum absolute atomic E-state index is 0.0162. The molecule has 2 aromatic carbocycles. The van der Waals surface area contributed by atoms with Gasteiger partial charge in [0.05, 0.1) is 6.10 Å². The third kappa shape index (κ3) is 4.55. The number of halogens is 2. The second kappa shape index (κ2) is 7.93. The number of benzene rings is 2. The molecular weight excluding hydrogens is 345 g/mol. The van der Waals surface area contributed by atoms with E-state index in [0.29, 0.717) is 17.0 Å². The molecule has 3 atom stereocenters. The molecule has 0 aliphatic carbocycles. The summed E-state index contributed by atoms with van der Waals surface area (Å²) in [6.45, 7) is 0.0162. The highest BCUT2D eigenvalue weighted by Crippen LogP contribution is 2.24. The molecule has 0 radical (unpaired) electrons. The van der Waals surface area contributed by atoms with Gasteiger partial charge in [-0.3, -0.25) is 4.79 Å². The normalized spacial score (nSPS) is 21.1. The van der Waals surface area contributed by atoms with Gasteiger partial charge in [-0.1, -0.05) is 35.9 Å². The van der Waals surface area contributed by atoms with Gasteiger partial charge in [0.1, 0.15) is 11.9 Å². The Morgan fingerprint density at radius 2 is 2.08 bits per heavy atom. The van der Waals surface area contributed by atoms with Crippen LogP contribution in [0.3, 0.4) is 0 Å². The van der Waals surface area contributed by atoms with Crippen LogP contribution in [0.1, 0.15) is 29.7 Å². The first-order valence-corrected chi connectivity index (χ1v) is 8.38. The highest BCUT2D eigenvalue weighted by molar-refractivity contribution is 6.30. The SMILES string of the molecule is O=C(NCC(O)c1cccc(F)c1)C1CC(c2cccc(Cl)c2)NN1. The van der Waals surface area contributed by atoms with E-state index in [1.807, 2.05) is 18.2 Å². The van der Waals surface area contributed by atoms with Gasteiger partial charge < -0.3 is 10.4 Å². The molecule has 5 nitrogen and oxygen atoms in total. The van der Waals surface area contributed by atoms with E-state index in [4.69, 9.17) is 11.6 Å². The summed E-state index contributed by atoms with van der Waals surface area (Å²) in [5, 5.41) is 13.4. The van der Waals surface area contributed by atoms with Crippen LogP contribution in [0, 0.1) is 5.82 Å². The molecule has 0 saturated carbocycles. The number of nitrogens with one attached hydrogen (secondary N) is 3. The van der Waals surface area contributed by atoms with E-state index in [1.165, 1.54) is 18.2 Å². The van der Waals surface area contributed by atoms with E-state index in [-0.39, 0.29) is 18.5 Å². The van der Waals surface area contributed by atoms with Crippen LogP contribution in [0.2, 0.25) is 5.02 Å². The molecule has 7 heteroatoms. The molecule has 1 heterocycles. The zero-order valence-electron chi connectivity index (χ0n) is 13.4. The quantitative estimate of drug-likeness (QED) is 0.657. The molecule has 1 fully saturated rings. The molecule has 3 rings (SSSR count). The van der Waals surface area contributed by atoms with Crippen LogP contribution in [0.5, 0.6) is 0 Å². The molecule has 132 valence electrons. The minimum Gasteiger partial charge on any atom is -0.387 e. The highest BCUT2D eigenvalue weighted by atomic mass is 35.5. The van der Waals surface area contributed by atoms with Crippen molar-refractivity contribution in [2.24, 2.45) is 0 Å². The number of rotatable bonds is 5. The van der Waals surface area contributed by atoms with Gasteiger partial charge in [-0.25, -0.2) is 15.2 Å². The predicted molar refractivity (Wildman–Crippen MR) is 93.2 cm³/mol. The number of carbonyl (C=O) groups excluding carboxylic acids is 1. The Hall–Kier alpha value is -1.99. The Morgan fingerprint density at radius 1 is 1.28 bits per heavy atom. The standard InChI is InChI=1S/C18H19ClFN3O2/c19-13-5-1-3-11(7-13)15-9-16(23-22-15)18(25)21-10-17(24)12-4-2-6-14(20)8-12/h1-8,15-17,22-24H,9-10H2,(H,21,25). The average molecular weight is 364 g/mol. The Kier molecular flexibility index (Phi) is 5.65. The number of aliphatic hydroxyl groups excluding tert-OH is 1. The van der Waals surface area contributed by atoms with Gasteiger partial charge in [-0.2, -0.15) is 0 Å². The van der Waals surface area contributed by atoms with Crippen molar-refractivity contribution in [3.63, 3.8) is 0 Å². The molecule has 3 unspecified atom stereocenters. The Labute approximate surface area is 150 Å². The largest absolute Gasteiger partial charge is 0.387 e. The van der Waals surface area contributed by atoms with Crippen LogP contribution in [-0.2, 0) is 4.79 Å². The van der Waals surface area contributed by atoms with Gasteiger partial charge in [-0.05, 0) is 41.8 Å². The van der Waals surface area contributed by atoms with E-state index in [0.717, 1.165) is 5.56 Å². The molecule has 25 heavy (non-hydrogen) atoms. The molecule has 0 spiro atoms. The number of carbonyl (C=O) groups is 1. The molecular formula is C18H19ClFN3O2. The molecule has 1 aliphatic heterocycles. The zero-order valence-corrected chi connectivity index (χ0v) is 14.1. The zero-order chi connectivity index (χ0) is 17.8. The van der Waals surface area contributed by atoms with Crippen LogP contribution in [0.4, 0.5) is 4.39 Å². The first-order chi connectivity index (χ1) is 12.0. The molecule has 2 aromatic rings. The average Bonchev–Trinajstić information content (AvgIpc) is 3.09. The van der Waals surface area contributed by atoms with Gasteiger partial charge >= 0.3 is 0 Å². The Balaban J connectivity index is 1.52. The third-order valence-electron chi connectivity index (χ3n) is 4.17. The molecule has 1 saturated heterocycles. The monoisotopic (exact) mass is 363 g/mol.